The van der Waals surface area contributed by atoms with Crippen molar-refractivity contribution in [2.75, 3.05) is 6.61 Å². The Hall–Kier alpha value is -1.72. The highest BCUT2D eigenvalue weighted by Gasteiger charge is 2.49. The molecule has 0 unspecified atom stereocenters. The zero-order chi connectivity index (χ0) is 16.0. The van der Waals surface area contributed by atoms with Gasteiger partial charge in [-0.3, -0.25) is 9.78 Å². The molecule has 0 bridgehead atoms. The molecule has 0 spiro atoms. The molecule has 1 aliphatic rings. The molecular formula is C10H10F4N2O5. The van der Waals surface area contributed by atoms with Crippen molar-refractivity contribution in [3.05, 3.63) is 32.6 Å². The highest BCUT2D eigenvalue weighted by Crippen LogP contribution is 2.36. The van der Waals surface area contributed by atoms with Crippen molar-refractivity contribution in [1.82, 2.24) is 9.55 Å². The number of aliphatic hydroxyl groups excluding tert-OH is 2. The maximum absolute atomic E-state index is 14.5. The Labute approximate surface area is 113 Å². The number of alkyl halides is 4. The number of nitrogens with one attached hydrogen (secondary N) is 1. The van der Waals surface area contributed by atoms with Crippen LogP contribution in [0.1, 0.15) is 12.0 Å². The fourth-order valence-corrected chi connectivity index (χ4v) is 1.98. The number of ether oxygens (including phenoxy) is 1. The summed E-state index contributed by atoms with van der Waals surface area (Å²) in [5.41, 5.74) is -4.98. The summed E-state index contributed by atoms with van der Waals surface area (Å²) < 4.78 is 56.8. The summed E-state index contributed by atoms with van der Waals surface area (Å²) in [6, 6.07) is 0. The van der Waals surface area contributed by atoms with Crippen molar-refractivity contribution < 1.29 is 32.5 Å². The van der Waals surface area contributed by atoms with Crippen LogP contribution in [0.25, 0.3) is 0 Å². The molecule has 1 aromatic rings. The van der Waals surface area contributed by atoms with Crippen LogP contribution in [0.5, 0.6) is 0 Å². The molecule has 3 atom stereocenters. The first-order valence-electron chi connectivity index (χ1n) is 5.68. The van der Waals surface area contributed by atoms with Crippen LogP contribution in [0.15, 0.2) is 15.8 Å². The molecule has 1 aliphatic heterocycles. The molecule has 11 heteroatoms. The fraction of sp³-hybridized carbons (Fsp3) is 0.600. The predicted molar refractivity (Wildman–Crippen MR) is 58.0 cm³/mol. The highest BCUT2D eigenvalue weighted by atomic mass is 19.4. The lowest BCUT2D eigenvalue weighted by molar-refractivity contribution is -0.206. The molecule has 2 rings (SSSR count). The molecule has 1 saturated heterocycles. The van der Waals surface area contributed by atoms with Crippen LogP contribution in [0.2, 0.25) is 0 Å². The van der Waals surface area contributed by atoms with E-state index >= 15 is 0 Å². The maximum Gasteiger partial charge on any atom is 0.423 e. The van der Waals surface area contributed by atoms with E-state index in [0.717, 1.165) is 0 Å². The molecule has 0 saturated carbocycles. The molecule has 0 radical (unpaired) electrons. The fourth-order valence-electron chi connectivity index (χ4n) is 1.98. The van der Waals surface area contributed by atoms with E-state index in [9.17, 15) is 32.3 Å². The highest BCUT2D eigenvalue weighted by molar-refractivity contribution is 5.10. The summed E-state index contributed by atoms with van der Waals surface area (Å²) in [5.74, 6) is -3.10. The first-order chi connectivity index (χ1) is 9.58. The number of nitrogens with zero attached hydrogens (tertiary/aromatic N) is 1. The van der Waals surface area contributed by atoms with E-state index in [2.05, 4.69) is 4.74 Å². The van der Waals surface area contributed by atoms with Gasteiger partial charge in [0, 0.05) is 6.20 Å². The van der Waals surface area contributed by atoms with Crippen LogP contribution >= 0.6 is 0 Å². The smallest absolute Gasteiger partial charge is 0.394 e. The van der Waals surface area contributed by atoms with Gasteiger partial charge in [-0.2, -0.15) is 17.6 Å². The summed E-state index contributed by atoms with van der Waals surface area (Å²) >= 11 is 0. The number of rotatable bonds is 2. The van der Waals surface area contributed by atoms with E-state index in [1.807, 2.05) is 0 Å². The van der Waals surface area contributed by atoms with Crippen LogP contribution in [-0.4, -0.2) is 38.6 Å². The van der Waals surface area contributed by atoms with Crippen molar-refractivity contribution in [2.45, 2.75) is 30.8 Å². The van der Waals surface area contributed by atoms with E-state index in [-0.39, 0.29) is 10.8 Å². The first kappa shape index (κ1) is 15.7. The zero-order valence-corrected chi connectivity index (χ0v) is 10.2. The molecule has 21 heavy (non-hydrogen) atoms. The SMILES string of the molecule is O=c1[nH]c(=O)n([C@@]2(F)C[C@H](O)[C@@H](CO)O2)cc1C(F)(F)F. The van der Waals surface area contributed by atoms with Gasteiger partial charge in [-0.15, -0.1) is 0 Å². The second-order valence-corrected chi connectivity index (χ2v) is 4.47. The minimum Gasteiger partial charge on any atom is -0.394 e. The zero-order valence-electron chi connectivity index (χ0n) is 10.2. The van der Waals surface area contributed by atoms with Gasteiger partial charge >= 0.3 is 11.9 Å². The second kappa shape index (κ2) is 4.93. The average Bonchev–Trinajstić information content (AvgIpc) is 2.63. The number of aromatic nitrogens is 2. The minimum atomic E-state index is -5.10. The van der Waals surface area contributed by atoms with Gasteiger partial charge in [-0.05, 0) is 0 Å². The molecular weight excluding hydrogens is 304 g/mol. The topological polar surface area (TPSA) is 105 Å². The summed E-state index contributed by atoms with van der Waals surface area (Å²) in [7, 11) is 0. The summed E-state index contributed by atoms with van der Waals surface area (Å²) in [6.45, 7) is -0.795. The second-order valence-electron chi connectivity index (χ2n) is 4.47. The maximum atomic E-state index is 14.5. The first-order valence-corrected chi connectivity index (χ1v) is 5.68. The van der Waals surface area contributed by atoms with Crippen molar-refractivity contribution in [3.63, 3.8) is 0 Å². The summed E-state index contributed by atoms with van der Waals surface area (Å²) in [5, 5.41) is 18.3. The van der Waals surface area contributed by atoms with Crippen LogP contribution in [-0.2, 0) is 16.9 Å². The van der Waals surface area contributed by atoms with Crippen molar-refractivity contribution in [1.29, 1.82) is 0 Å². The Kier molecular flexibility index (Phi) is 3.68. The molecule has 118 valence electrons. The molecule has 1 fully saturated rings. The Morgan fingerprint density at radius 1 is 1.48 bits per heavy atom. The van der Waals surface area contributed by atoms with E-state index in [1.54, 1.807) is 0 Å². The van der Waals surface area contributed by atoms with Crippen LogP contribution < -0.4 is 11.2 Å². The predicted octanol–water partition coefficient (Wildman–Crippen LogP) is -0.723. The monoisotopic (exact) mass is 314 g/mol. The van der Waals surface area contributed by atoms with E-state index in [0.29, 0.717) is 0 Å². The van der Waals surface area contributed by atoms with E-state index in [4.69, 9.17) is 5.11 Å². The molecule has 3 N–H and O–H groups in total. The van der Waals surface area contributed by atoms with Crippen molar-refractivity contribution in [2.24, 2.45) is 0 Å². The third kappa shape index (κ3) is 2.71. The van der Waals surface area contributed by atoms with Gasteiger partial charge in [0.25, 0.3) is 11.5 Å². The van der Waals surface area contributed by atoms with Crippen LogP contribution in [0.4, 0.5) is 17.6 Å². The Balaban J connectivity index is 2.55. The Morgan fingerprint density at radius 3 is 2.57 bits per heavy atom. The van der Waals surface area contributed by atoms with Gasteiger partial charge in [0.15, 0.2) is 0 Å². The summed E-state index contributed by atoms with van der Waals surface area (Å²) in [6.07, 6.45) is -8.92. The third-order valence-electron chi connectivity index (χ3n) is 3.01. The van der Waals surface area contributed by atoms with Crippen molar-refractivity contribution in [3.8, 4) is 0 Å². The number of halogens is 4. The minimum absolute atomic E-state index is 0.0202. The molecule has 0 aromatic carbocycles. The lowest BCUT2D eigenvalue weighted by Gasteiger charge is -2.22. The van der Waals surface area contributed by atoms with E-state index < -0.39 is 54.2 Å². The lowest BCUT2D eigenvalue weighted by Crippen LogP contribution is -2.43. The lowest BCUT2D eigenvalue weighted by atomic mass is 10.2. The molecule has 0 aliphatic carbocycles. The number of aromatic amines is 1. The number of hydrogen-bond donors (Lipinski definition) is 3. The largest absolute Gasteiger partial charge is 0.423 e. The number of hydrogen-bond acceptors (Lipinski definition) is 5. The van der Waals surface area contributed by atoms with Gasteiger partial charge < -0.3 is 14.9 Å². The van der Waals surface area contributed by atoms with Gasteiger partial charge in [0.1, 0.15) is 11.7 Å². The van der Waals surface area contributed by atoms with E-state index in [1.165, 1.54) is 4.98 Å². The van der Waals surface area contributed by atoms with Gasteiger partial charge in [-0.1, -0.05) is 0 Å². The molecule has 7 nitrogen and oxygen atoms in total. The Bertz CT molecular complexity index is 654. The Morgan fingerprint density at radius 2 is 2.10 bits per heavy atom. The van der Waals surface area contributed by atoms with Gasteiger partial charge in [0.05, 0.1) is 19.1 Å². The molecule has 2 heterocycles. The quantitative estimate of drug-likeness (QED) is 0.625. The molecule has 1 aromatic heterocycles. The number of H-pyrrole nitrogens is 1. The van der Waals surface area contributed by atoms with Gasteiger partial charge in [0.2, 0.25) is 0 Å². The van der Waals surface area contributed by atoms with Crippen molar-refractivity contribution >= 4 is 0 Å². The van der Waals surface area contributed by atoms with Gasteiger partial charge in [-0.25, -0.2) is 9.36 Å². The normalized spacial score (nSPS) is 29.8. The average molecular weight is 314 g/mol. The van der Waals surface area contributed by atoms with Crippen LogP contribution in [0.3, 0.4) is 0 Å². The molecule has 0 amide bonds. The van der Waals surface area contributed by atoms with Crippen LogP contribution in [0, 0.1) is 0 Å². The summed E-state index contributed by atoms with van der Waals surface area (Å²) in [4.78, 5) is 23.9. The number of aliphatic hydroxyl groups is 2. The standard InChI is InChI=1S/C10H10F4N2O5/c11-9(1-5(18)6(3-17)21-9)16-2-4(10(12,13)14)7(19)15-8(16)20/h2,5-6,17-18H,1,3H2,(H,15,19,20)/t5-,6+,9-/m0/s1. The third-order valence-corrected chi connectivity index (χ3v) is 3.01.